The van der Waals surface area contributed by atoms with Crippen LogP contribution >= 0.6 is 0 Å². The van der Waals surface area contributed by atoms with Crippen LogP contribution in [0.1, 0.15) is 76.7 Å². The number of hydrogen-bond donors (Lipinski definition) is 1. The smallest absolute Gasteiger partial charge is 0.104 e. The molecule has 1 aromatic heterocycles. The fraction of sp³-hybridized carbons (Fsp3) is 0.769. The highest BCUT2D eigenvalue weighted by Gasteiger charge is 2.80. The molecule has 5 aliphatic rings. The molecule has 4 nitrogen and oxygen atoms in total. The second kappa shape index (κ2) is 6.70. The predicted octanol–water partition coefficient (Wildman–Crippen LogP) is 5.19. The van der Waals surface area contributed by atoms with Gasteiger partial charge in [-0.05, 0) is 92.7 Å². The van der Waals surface area contributed by atoms with Crippen molar-refractivity contribution in [3.05, 3.63) is 35.8 Å². The Hall–Kier alpha value is -1.10. The average Bonchev–Trinajstić information content (AvgIpc) is 3.09. The summed E-state index contributed by atoms with van der Waals surface area (Å²) in [7, 11) is 0. The van der Waals surface area contributed by atoms with Crippen LogP contribution in [-0.2, 0) is 9.47 Å². The van der Waals surface area contributed by atoms with Gasteiger partial charge in [-0.25, -0.2) is 0 Å². The zero-order chi connectivity index (χ0) is 20.6. The van der Waals surface area contributed by atoms with E-state index in [2.05, 4.69) is 26.0 Å². The fourth-order valence-corrected chi connectivity index (χ4v) is 8.56. The second-order valence-electron chi connectivity index (χ2n) is 11.2. The van der Waals surface area contributed by atoms with Crippen LogP contribution < -0.4 is 5.73 Å². The summed E-state index contributed by atoms with van der Waals surface area (Å²) < 4.78 is 18.3. The lowest BCUT2D eigenvalue weighted by atomic mass is 9.46. The molecule has 2 N–H and O–H groups in total. The number of furan rings is 1. The highest BCUT2D eigenvalue weighted by Crippen LogP contribution is 2.77. The summed E-state index contributed by atoms with van der Waals surface area (Å²) in [6, 6.07) is 2.19. The van der Waals surface area contributed by atoms with Crippen LogP contribution in [0.4, 0.5) is 0 Å². The Kier molecular flexibility index (Phi) is 4.37. The molecule has 0 aromatic carbocycles. The van der Waals surface area contributed by atoms with E-state index in [0.717, 1.165) is 25.4 Å². The van der Waals surface area contributed by atoms with Gasteiger partial charge >= 0.3 is 0 Å². The lowest BCUT2D eigenvalue weighted by Crippen LogP contribution is -2.56. The van der Waals surface area contributed by atoms with Gasteiger partial charge in [0, 0.05) is 12.0 Å². The maximum atomic E-state index is 6.67. The minimum atomic E-state index is 0.112. The van der Waals surface area contributed by atoms with Gasteiger partial charge < -0.3 is 19.6 Å². The third-order valence-electron chi connectivity index (χ3n) is 10.1. The molecule has 1 saturated heterocycles. The number of ether oxygens (including phenoxy) is 2. The summed E-state index contributed by atoms with van der Waals surface area (Å²) in [5.74, 6) is 2.05. The predicted molar refractivity (Wildman–Crippen MR) is 116 cm³/mol. The number of rotatable bonds is 5. The van der Waals surface area contributed by atoms with Crippen molar-refractivity contribution < 1.29 is 13.9 Å². The first-order chi connectivity index (χ1) is 14.5. The molecular weight excluding hydrogens is 374 g/mol. The Morgan fingerprint density at radius 3 is 2.87 bits per heavy atom. The van der Waals surface area contributed by atoms with Gasteiger partial charge in [-0.15, -0.1) is 0 Å². The van der Waals surface area contributed by atoms with E-state index in [9.17, 15) is 0 Å². The monoisotopic (exact) mass is 411 g/mol. The van der Waals surface area contributed by atoms with Gasteiger partial charge in [0.15, 0.2) is 0 Å². The first kappa shape index (κ1) is 19.6. The van der Waals surface area contributed by atoms with Crippen LogP contribution in [0.2, 0.25) is 0 Å². The van der Waals surface area contributed by atoms with Crippen LogP contribution in [0, 0.1) is 22.7 Å². The van der Waals surface area contributed by atoms with E-state index in [-0.39, 0.29) is 11.0 Å². The molecule has 4 fully saturated rings. The Labute approximate surface area is 180 Å². The van der Waals surface area contributed by atoms with E-state index in [1.54, 1.807) is 5.57 Å². The standard InChI is InChI=1S/C26H37NO3/c1-24-9-6-19(29-12-3-11-27)14-18(24)4-5-21-20(24)7-10-25(2)22(17-8-13-28-16-17)15-23-26(21,25)30-23/h8,13-14,16,19-23H,3-7,9-12,15,27H2,1-2H3/t19-,20-,21+,22+,23+,24-,25+,26+/m0/s1. The first-order valence-corrected chi connectivity index (χ1v) is 12.3. The van der Waals surface area contributed by atoms with E-state index >= 15 is 0 Å². The van der Waals surface area contributed by atoms with Gasteiger partial charge in [0.1, 0.15) is 5.60 Å². The third-order valence-corrected chi connectivity index (χ3v) is 10.1. The van der Waals surface area contributed by atoms with Gasteiger partial charge in [-0.2, -0.15) is 0 Å². The minimum Gasteiger partial charge on any atom is -0.472 e. The number of nitrogens with two attached hydrogens (primary N) is 1. The van der Waals surface area contributed by atoms with E-state index in [1.807, 2.05) is 12.5 Å². The number of hydrogen-bond acceptors (Lipinski definition) is 4. The Bertz CT molecular complexity index is 833. The average molecular weight is 412 g/mol. The van der Waals surface area contributed by atoms with E-state index < -0.39 is 0 Å². The topological polar surface area (TPSA) is 60.9 Å². The largest absolute Gasteiger partial charge is 0.472 e. The van der Waals surface area contributed by atoms with Crippen molar-refractivity contribution in [1.29, 1.82) is 0 Å². The molecule has 164 valence electrons. The van der Waals surface area contributed by atoms with Gasteiger partial charge in [0.2, 0.25) is 0 Å². The fourth-order valence-electron chi connectivity index (χ4n) is 8.56. The maximum absolute atomic E-state index is 6.67. The Balaban J connectivity index is 1.27. The lowest BCUT2D eigenvalue weighted by molar-refractivity contribution is -0.0836. The second-order valence-corrected chi connectivity index (χ2v) is 11.2. The molecule has 4 heteroatoms. The Morgan fingerprint density at radius 1 is 1.17 bits per heavy atom. The zero-order valence-electron chi connectivity index (χ0n) is 18.6. The molecule has 0 amide bonds. The van der Waals surface area contributed by atoms with E-state index in [4.69, 9.17) is 19.6 Å². The van der Waals surface area contributed by atoms with Crippen molar-refractivity contribution in [3.63, 3.8) is 0 Å². The quantitative estimate of drug-likeness (QED) is 0.411. The molecule has 3 saturated carbocycles. The van der Waals surface area contributed by atoms with Crippen LogP contribution in [0.15, 0.2) is 34.7 Å². The van der Waals surface area contributed by atoms with Crippen LogP contribution in [-0.4, -0.2) is 31.0 Å². The van der Waals surface area contributed by atoms with Crippen molar-refractivity contribution >= 4 is 0 Å². The molecule has 0 unspecified atom stereocenters. The Morgan fingerprint density at radius 2 is 2.07 bits per heavy atom. The zero-order valence-corrected chi connectivity index (χ0v) is 18.6. The van der Waals surface area contributed by atoms with Crippen molar-refractivity contribution in [1.82, 2.24) is 0 Å². The van der Waals surface area contributed by atoms with Crippen LogP contribution in [0.3, 0.4) is 0 Å². The molecular formula is C26H37NO3. The molecule has 0 radical (unpaired) electrons. The number of epoxide rings is 1. The molecule has 0 bridgehead atoms. The summed E-state index contributed by atoms with van der Waals surface area (Å²) in [4.78, 5) is 0. The SMILES string of the molecule is C[C@]12CC[C@H](OCCCN)C=C1CC[C@@H]1[C@@H]2CC[C@]2(C)[C@@H](c3ccoc3)C[C@H]3O[C@]132. The highest BCUT2D eigenvalue weighted by atomic mass is 16.6. The first-order valence-electron chi connectivity index (χ1n) is 12.3. The van der Waals surface area contributed by atoms with Crippen LogP contribution in [0.5, 0.6) is 0 Å². The molecule has 1 aromatic rings. The minimum absolute atomic E-state index is 0.112. The van der Waals surface area contributed by atoms with Crippen molar-refractivity contribution in [2.45, 2.75) is 88.9 Å². The summed E-state index contributed by atoms with van der Waals surface area (Å²) in [6.45, 7) is 6.60. The third kappa shape index (κ3) is 2.45. The molecule has 6 rings (SSSR count). The van der Waals surface area contributed by atoms with Crippen molar-refractivity contribution in [2.24, 2.45) is 28.4 Å². The van der Waals surface area contributed by atoms with Gasteiger partial charge in [0.05, 0.1) is 24.7 Å². The lowest BCUT2D eigenvalue weighted by Gasteiger charge is -2.58. The summed E-state index contributed by atoms with van der Waals surface area (Å²) in [6.07, 6.45) is 16.7. The number of allylic oxidation sites excluding steroid dienone is 1. The molecule has 1 spiro atoms. The summed E-state index contributed by atoms with van der Waals surface area (Å²) >= 11 is 0. The molecule has 8 atom stereocenters. The van der Waals surface area contributed by atoms with E-state index in [0.29, 0.717) is 36.0 Å². The van der Waals surface area contributed by atoms with Gasteiger partial charge in [-0.1, -0.05) is 25.5 Å². The van der Waals surface area contributed by atoms with Crippen LogP contribution in [0.25, 0.3) is 0 Å². The van der Waals surface area contributed by atoms with Crippen molar-refractivity contribution in [2.75, 3.05) is 13.2 Å². The van der Waals surface area contributed by atoms with Crippen molar-refractivity contribution in [3.8, 4) is 0 Å². The molecule has 4 aliphatic carbocycles. The molecule has 2 heterocycles. The summed E-state index contributed by atoms with van der Waals surface area (Å²) in [5, 5.41) is 0. The van der Waals surface area contributed by atoms with E-state index in [1.165, 1.54) is 44.1 Å². The van der Waals surface area contributed by atoms with Gasteiger partial charge in [-0.3, -0.25) is 0 Å². The van der Waals surface area contributed by atoms with Gasteiger partial charge in [0.25, 0.3) is 0 Å². The maximum Gasteiger partial charge on any atom is 0.104 e. The normalized spacial score (nSPS) is 48.9. The summed E-state index contributed by atoms with van der Waals surface area (Å²) in [5.41, 5.74) is 9.41. The highest BCUT2D eigenvalue weighted by molar-refractivity contribution is 5.37. The number of fused-ring (bicyclic) bond motifs is 3. The molecule has 30 heavy (non-hydrogen) atoms. The molecule has 1 aliphatic heterocycles.